The summed E-state index contributed by atoms with van der Waals surface area (Å²) in [5.74, 6) is 1.08. The zero-order valence-corrected chi connectivity index (χ0v) is 10.9. The van der Waals surface area contributed by atoms with Crippen LogP contribution in [-0.2, 0) is 6.42 Å². The number of hydrogen-bond donors (Lipinski definition) is 2. The van der Waals surface area contributed by atoms with E-state index in [0.717, 1.165) is 36.4 Å². The fourth-order valence-corrected chi connectivity index (χ4v) is 1.95. The van der Waals surface area contributed by atoms with Crippen LogP contribution in [0.4, 0.5) is 0 Å². The molecule has 2 aromatic rings. The van der Waals surface area contributed by atoms with Crippen LogP contribution in [0.3, 0.4) is 0 Å². The van der Waals surface area contributed by atoms with Crippen LogP contribution in [-0.4, -0.2) is 23.1 Å². The first-order chi connectivity index (χ1) is 8.20. The van der Waals surface area contributed by atoms with E-state index >= 15 is 0 Å². The molecule has 1 aromatic heterocycles. The number of nitrogens with zero attached hydrogens (tertiary/aromatic N) is 1. The summed E-state index contributed by atoms with van der Waals surface area (Å²) in [6.07, 6.45) is 2.14. The maximum Gasteiger partial charge on any atom is 0.108 e. The molecule has 0 saturated carbocycles. The van der Waals surface area contributed by atoms with Gasteiger partial charge in [-0.15, -0.1) is 0 Å². The maximum absolute atomic E-state index is 4.62. The number of benzene rings is 1. The highest BCUT2D eigenvalue weighted by Gasteiger charge is 2.04. The number of fused-ring (bicyclic) bond motifs is 1. The molecule has 0 fully saturated rings. The summed E-state index contributed by atoms with van der Waals surface area (Å²) in [7, 11) is 0. The molecule has 0 aliphatic rings. The Balaban J connectivity index is 2.09. The first kappa shape index (κ1) is 12.1. The average molecular weight is 231 g/mol. The molecule has 0 bridgehead atoms. The Morgan fingerprint density at radius 1 is 1.18 bits per heavy atom. The lowest BCUT2D eigenvalue weighted by Gasteiger charge is -1.99. The van der Waals surface area contributed by atoms with Crippen molar-refractivity contribution in [1.29, 1.82) is 0 Å². The summed E-state index contributed by atoms with van der Waals surface area (Å²) < 4.78 is 0. The highest BCUT2D eigenvalue weighted by atomic mass is 14.9. The van der Waals surface area contributed by atoms with Gasteiger partial charge in [0.25, 0.3) is 0 Å². The van der Waals surface area contributed by atoms with E-state index in [4.69, 9.17) is 0 Å². The van der Waals surface area contributed by atoms with Crippen molar-refractivity contribution in [2.24, 2.45) is 0 Å². The van der Waals surface area contributed by atoms with E-state index in [2.05, 4.69) is 48.2 Å². The molecule has 0 aliphatic heterocycles. The fraction of sp³-hybridized carbons (Fsp3) is 0.500. The molecule has 2 rings (SSSR count). The number of imidazole rings is 1. The number of H-pyrrole nitrogens is 1. The van der Waals surface area contributed by atoms with Crippen LogP contribution in [0.2, 0.25) is 0 Å². The SMILES string of the molecule is CCCNCCc1nc2cc(C)c(C)cc2[nH]1. The molecule has 2 N–H and O–H groups in total. The summed E-state index contributed by atoms with van der Waals surface area (Å²) in [5.41, 5.74) is 4.86. The van der Waals surface area contributed by atoms with Crippen LogP contribution in [0.15, 0.2) is 12.1 Å². The molecule has 0 radical (unpaired) electrons. The second-order valence-corrected chi connectivity index (χ2v) is 4.64. The number of aryl methyl sites for hydroxylation is 2. The first-order valence-electron chi connectivity index (χ1n) is 6.37. The molecule has 3 nitrogen and oxygen atoms in total. The molecule has 1 heterocycles. The standard InChI is InChI=1S/C14H21N3/c1-4-6-15-7-5-14-16-12-8-10(2)11(3)9-13(12)17-14/h8-9,15H,4-7H2,1-3H3,(H,16,17). The van der Waals surface area contributed by atoms with Crippen molar-refractivity contribution >= 4 is 11.0 Å². The third-order valence-corrected chi connectivity index (χ3v) is 3.11. The molecule has 0 atom stereocenters. The van der Waals surface area contributed by atoms with Gasteiger partial charge < -0.3 is 10.3 Å². The topological polar surface area (TPSA) is 40.7 Å². The van der Waals surface area contributed by atoms with E-state index in [1.807, 2.05) is 0 Å². The number of hydrogen-bond acceptors (Lipinski definition) is 2. The minimum atomic E-state index is 0.965. The molecule has 0 spiro atoms. The highest BCUT2D eigenvalue weighted by Crippen LogP contribution is 2.17. The van der Waals surface area contributed by atoms with E-state index in [1.165, 1.54) is 17.5 Å². The quantitative estimate of drug-likeness (QED) is 0.777. The Kier molecular flexibility index (Phi) is 3.79. The predicted molar refractivity (Wildman–Crippen MR) is 72.4 cm³/mol. The van der Waals surface area contributed by atoms with Gasteiger partial charge in [0.1, 0.15) is 5.82 Å². The third-order valence-electron chi connectivity index (χ3n) is 3.11. The van der Waals surface area contributed by atoms with Gasteiger partial charge in [-0.2, -0.15) is 0 Å². The maximum atomic E-state index is 4.62. The second-order valence-electron chi connectivity index (χ2n) is 4.64. The van der Waals surface area contributed by atoms with Crippen molar-refractivity contribution in [1.82, 2.24) is 15.3 Å². The zero-order chi connectivity index (χ0) is 12.3. The molecule has 0 saturated heterocycles. The van der Waals surface area contributed by atoms with Gasteiger partial charge in [-0.25, -0.2) is 4.98 Å². The molecule has 0 unspecified atom stereocenters. The molecule has 92 valence electrons. The normalized spacial score (nSPS) is 11.2. The van der Waals surface area contributed by atoms with Crippen LogP contribution in [0, 0.1) is 13.8 Å². The molecule has 1 aromatic carbocycles. The van der Waals surface area contributed by atoms with Crippen LogP contribution >= 0.6 is 0 Å². The fourth-order valence-electron chi connectivity index (χ4n) is 1.95. The lowest BCUT2D eigenvalue weighted by Crippen LogP contribution is -2.18. The molecule has 0 amide bonds. The van der Waals surface area contributed by atoms with Gasteiger partial charge in [-0.05, 0) is 50.1 Å². The van der Waals surface area contributed by atoms with Gasteiger partial charge in [0.05, 0.1) is 11.0 Å². The van der Waals surface area contributed by atoms with Crippen molar-refractivity contribution in [3.8, 4) is 0 Å². The summed E-state index contributed by atoms with van der Waals surface area (Å²) in [6, 6.07) is 4.34. The first-order valence-corrected chi connectivity index (χ1v) is 6.37. The summed E-state index contributed by atoms with van der Waals surface area (Å²) >= 11 is 0. The van der Waals surface area contributed by atoms with Gasteiger partial charge in [-0.1, -0.05) is 6.92 Å². The van der Waals surface area contributed by atoms with Gasteiger partial charge in [0.2, 0.25) is 0 Å². The van der Waals surface area contributed by atoms with Gasteiger partial charge in [0, 0.05) is 13.0 Å². The number of nitrogens with one attached hydrogen (secondary N) is 2. The summed E-state index contributed by atoms with van der Waals surface area (Å²) in [4.78, 5) is 8.01. The Hall–Kier alpha value is -1.35. The van der Waals surface area contributed by atoms with Crippen molar-refractivity contribution in [3.05, 3.63) is 29.1 Å². The summed E-state index contributed by atoms with van der Waals surface area (Å²) in [6.45, 7) is 8.52. The van der Waals surface area contributed by atoms with Gasteiger partial charge in [-0.3, -0.25) is 0 Å². The Morgan fingerprint density at radius 2 is 1.94 bits per heavy atom. The van der Waals surface area contributed by atoms with E-state index in [0.29, 0.717) is 0 Å². The number of aromatic nitrogens is 2. The third kappa shape index (κ3) is 2.86. The smallest absolute Gasteiger partial charge is 0.108 e. The van der Waals surface area contributed by atoms with Crippen LogP contribution in [0.5, 0.6) is 0 Å². The average Bonchev–Trinajstić information content (AvgIpc) is 2.67. The predicted octanol–water partition coefficient (Wildman–Crippen LogP) is 2.72. The highest BCUT2D eigenvalue weighted by molar-refractivity contribution is 5.77. The Labute approximate surface area is 103 Å². The van der Waals surface area contributed by atoms with E-state index < -0.39 is 0 Å². The summed E-state index contributed by atoms with van der Waals surface area (Å²) in [5, 5.41) is 3.39. The molecular weight excluding hydrogens is 210 g/mol. The number of aromatic amines is 1. The van der Waals surface area contributed by atoms with Gasteiger partial charge >= 0.3 is 0 Å². The monoisotopic (exact) mass is 231 g/mol. The molecule has 17 heavy (non-hydrogen) atoms. The van der Waals surface area contributed by atoms with E-state index in [-0.39, 0.29) is 0 Å². The molecular formula is C14H21N3. The van der Waals surface area contributed by atoms with Crippen molar-refractivity contribution in [2.45, 2.75) is 33.6 Å². The van der Waals surface area contributed by atoms with Gasteiger partial charge in [0.15, 0.2) is 0 Å². The van der Waals surface area contributed by atoms with Crippen LogP contribution in [0.1, 0.15) is 30.3 Å². The second kappa shape index (κ2) is 5.32. The minimum absolute atomic E-state index is 0.965. The van der Waals surface area contributed by atoms with E-state index in [9.17, 15) is 0 Å². The Bertz CT molecular complexity index is 460. The zero-order valence-electron chi connectivity index (χ0n) is 10.9. The lowest BCUT2D eigenvalue weighted by molar-refractivity contribution is 0.661. The molecule has 0 aliphatic carbocycles. The number of rotatable bonds is 5. The lowest BCUT2D eigenvalue weighted by atomic mass is 10.1. The van der Waals surface area contributed by atoms with Crippen LogP contribution < -0.4 is 5.32 Å². The van der Waals surface area contributed by atoms with E-state index in [1.54, 1.807) is 0 Å². The molecule has 3 heteroatoms. The van der Waals surface area contributed by atoms with Crippen molar-refractivity contribution < 1.29 is 0 Å². The Morgan fingerprint density at radius 3 is 2.71 bits per heavy atom. The van der Waals surface area contributed by atoms with Crippen molar-refractivity contribution in [3.63, 3.8) is 0 Å². The largest absolute Gasteiger partial charge is 0.342 e. The van der Waals surface area contributed by atoms with Crippen molar-refractivity contribution in [2.75, 3.05) is 13.1 Å². The van der Waals surface area contributed by atoms with Crippen LogP contribution in [0.25, 0.3) is 11.0 Å². The minimum Gasteiger partial charge on any atom is -0.342 e.